The smallest absolute Gasteiger partial charge is 0.269 e. The van der Waals surface area contributed by atoms with E-state index in [0.717, 1.165) is 0 Å². The van der Waals surface area contributed by atoms with Gasteiger partial charge in [0.1, 0.15) is 6.33 Å². The molecule has 0 aliphatic rings. The lowest BCUT2D eigenvalue weighted by atomic mass is 10.3. The van der Waals surface area contributed by atoms with Crippen molar-refractivity contribution in [2.45, 2.75) is 0 Å². The number of hydrogen-bond donors (Lipinski definition) is 0. The van der Waals surface area contributed by atoms with E-state index in [2.05, 4.69) is 20.5 Å². The Hall–Kier alpha value is -3.10. The Morgan fingerprint density at radius 3 is 2.63 bits per heavy atom. The molecular formula is C10H7N7O2. The van der Waals surface area contributed by atoms with Crippen LogP contribution in [0.5, 0.6) is 0 Å². The summed E-state index contributed by atoms with van der Waals surface area (Å²) >= 11 is 0. The van der Waals surface area contributed by atoms with Crippen LogP contribution in [0.3, 0.4) is 0 Å². The van der Waals surface area contributed by atoms with Gasteiger partial charge >= 0.3 is 0 Å². The van der Waals surface area contributed by atoms with E-state index in [-0.39, 0.29) is 5.69 Å². The van der Waals surface area contributed by atoms with E-state index < -0.39 is 4.92 Å². The third-order valence-corrected chi connectivity index (χ3v) is 2.49. The molecular weight excluding hydrogens is 250 g/mol. The highest BCUT2D eigenvalue weighted by atomic mass is 16.6. The predicted molar refractivity (Wildman–Crippen MR) is 62.9 cm³/mol. The Morgan fingerprint density at radius 2 is 2.00 bits per heavy atom. The van der Waals surface area contributed by atoms with Gasteiger partial charge in [0.2, 0.25) is 0 Å². The zero-order valence-electron chi connectivity index (χ0n) is 9.49. The summed E-state index contributed by atoms with van der Waals surface area (Å²) in [7, 11) is 0. The monoisotopic (exact) mass is 257 g/mol. The van der Waals surface area contributed by atoms with Gasteiger partial charge in [0.15, 0.2) is 0 Å². The zero-order chi connectivity index (χ0) is 13.2. The van der Waals surface area contributed by atoms with Crippen LogP contribution in [0.2, 0.25) is 0 Å². The first-order valence-corrected chi connectivity index (χ1v) is 5.27. The topological polar surface area (TPSA) is 105 Å². The first-order chi connectivity index (χ1) is 9.25. The Morgan fingerprint density at radius 1 is 1.21 bits per heavy atom. The molecule has 0 radical (unpaired) electrons. The molecule has 0 bridgehead atoms. The molecule has 3 aromatic rings. The van der Waals surface area contributed by atoms with Gasteiger partial charge in [-0.3, -0.25) is 14.7 Å². The van der Waals surface area contributed by atoms with Crippen molar-refractivity contribution in [2.24, 2.45) is 0 Å². The number of aromatic nitrogens is 6. The maximum Gasteiger partial charge on any atom is 0.269 e. The Balaban J connectivity index is 2.03. The quantitative estimate of drug-likeness (QED) is 0.506. The van der Waals surface area contributed by atoms with Gasteiger partial charge in [0.05, 0.1) is 10.6 Å². The lowest BCUT2D eigenvalue weighted by Crippen LogP contribution is -2.05. The molecule has 94 valence electrons. The first kappa shape index (κ1) is 11.0. The number of benzene rings is 1. The number of rotatable bonds is 3. The van der Waals surface area contributed by atoms with Crippen molar-refractivity contribution in [3.8, 4) is 11.6 Å². The molecule has 0 fully saturated rings. The van der Waals surface area contributed by atoms with Crippen LogP contribution in [0.1, 0.15) is 0 Å². The molecule has 0 saturated carbocycles. The van der Waals surface area contributed by atoms with Crippen LogP contribution in [-0.4, -0.2) is 34.7 Å². The highest BCUT2D eigenvalue weighted by Crippen LogP contribution is 2.16. The van der Waals surface area contributed by atoms with Gasteiger partial charge in [-0.1, -0.05) is 5.10 Å². The van der Waals surface area contributed by atoms with E-state index in [1.165, 1.54) is 16.8 Å². The molecule has 3 rings (SSSR count). The van der Waals surface area contributed by atoms with E-state index in [0.29, 0.717) is 11.6 Å². The van der Waals surface area contributed by atoms with Gasteiger partial charge in [-0.25, -0.2) is 4.98 Å². The zero-order valence-corrected chi connectivity index (χ0v) is 9.49. The molecule has 19 heavy (non-hydrogen) atoms. The Labute approximate surface area is 106 Å². The fraction of sp³-hybridized carbons (Fsp3) is 0. The van der Waals surface area contributed by atoms with Crippen molar-refractivity contribution < 1.29 is 4.92 Å². The molecule has 0 atom stereocenters. The lowest BCUT2D eigenvalue weighted by molar-refractivity contribution is -0.384. The number of imidazole rings is 1. The largest absolute Gasteiger partial charge is 0.273 e. The molecule has 2 aromatic heterocycles. The van der Waals surface area contributed by atoms with Crippen molar-refractivity contribution in [1.29, 1.82) is 0 Å². The number of nitro benzene ring substituents is 1. The molecule has 0 aliphatic heterocycles. The predicted octanol–water partition coefficient (Wildman–Crippen LogP) is 0.756. The molecule has 9 nitrogen and oxygen atoms in total. The van der Waals surface area contributed by atoms with Gasteiger partial charge in [-0.15, -0.1) is 0 Å². The van der Waals surface area contributed by atoms with Gasteiger partial charge in [0, 0.05) is 24.5 Å². The number of nitrogens with zero attached hydrogens (tertiary/aromatic N) is 7. The maximum absolute atomic E-state index is 10.6. The van der Waals surface area contributed by atoms with Crippen molar-refractivity contribution >= 4 is 5.69 Å². The molecule has 0 N–H and O–H groups in total. The van der Waals surface area contributed by atoms with Crippen LogP contribution < -0.4 is 0 Å². The summed E-state index contributed by atoms with van der Waals surface area (Å²) in [5.41, 5.74) is 0.639. The summed E-state index contributed by atoms with van der Waals surface area (Å²) in [4.78, 5) is 14.1. The molecule has 0 aliphatic carbocycles. The fourth-order valence-electron chi connectivity index (χ4n) is 1.60. The van der Waals surface area contributed by atoms with Gasteiger partial charge in [-0.2, -0.15) is 4.68 Å². The summed E-state index contributed by atoms with van der Waals surface area (Å²) in [6.07, 6.45) is 4.87. The standard InChI is InChI=1S/C10H7N7O2/c18-17(19)9-3-1-8(2-4-9)16-10(12-13-14-16)15-6-5-11-7-15/h1-7H. The summed E-state index contributed by atoms with van der Waals surface area (Å²) in [5, 5.41) is 21.9. The fourth-order valence-corrected chi connectivity index (χ4v) is 1.60. The average molecular weight is 257 g/mol. The van der Waals surface area contributed by atoms with E-state index in [9.17, 15) is 10.1 Å². The number of tetrazole rings is 1. The second-order valence-corrected chi connectivity index (χ2v) is 3.63. The minimum absolute atomic E-state index is 0.0148. The summed E-state index contributed by atoms with van der Waals surface area (Å²) in [6, 6.07) is 5.95. The third-order valence-electron chi connectivity index (χ3n) is 2.49. The first-order valence-electron chi connectivity index (χ1n) is 5.27. The van der Waals surface area contributed by atoms with E-state index in [1.54, 1.807) is 35.4 Å². The molecule has 0 amide bonds. The SMILES string of the molecule is O=[N+]([O-])c1ccc(-n2nnnc2-n2ccnc2)cc1. The lowest BCUT2D eigenvalue weighted by Gasteiger charge is -2.03. The highest BCUT2D eigenvalue weighted by Gasteiger charge is 2.11. The van der Waals surface area contributed by atoms with Gasteiger partial charge in [-0.05, 0) is 22.6 Å². The van der Waals surface area contributed by atoms with E-state index >= 15 is 0 Å². The molecule has 0 saturated heterocycles. The van der Waals surface area contributed by atoms with Crippen LogP contribution >= 0.6 is 0 Å². The molecule has 0 unspecified atom stereocenters. The van der Waals surface area contributed by atoms with E-state index in [4.69, 9.17) is 0 Å². The van der Waals surface area contributed by atoms with Crippen LogP contribution in [0.25, 0.3) is 11.6 Å². The second-order valence-electron chi connectivity index (χ2n) is 3.63. The highest BCUT2D eigenvalue weighted by molar-refractivity contribution is 5.41. The minimum Gasteiger partial charge on any atom is -0.273 e. The van der Waals surface area contributed by atoms with Crippen molar-refractivity contribution in [2.75, 3.05) is 0 Å². The molecule has 2 heterocycles. The number of nitro groups is 1. The van der Waals surface area contributed by atoms with Crippen LogP contribution in [0, 0.1) is 10.1 Å². The third kappa shape index (κ3) is 1.92. The van der Waals surface area contributed by atoms with Gasteiger partial charge < -0.3 is 0 Å². The summed E-state index contributed by atoms with van der Waals surface area (Å²) in [6.45, 7) is 0. The number of non-ortho nitro benzene ring substituents is 1. The normalized spacial score (nSPS) is 10.5. The maximum atomic E-state index is 10.6. The Bertz CT molecular complexity index is 702. The van der Waals surface area contributed by atoms with Crippen LogP contribution in [-0.2, 0) is 0 Å². The average Bonchev–Trinajstić information content (AvgIpc) is 3.09. The van der Waals surface area contributed by atoms with Gasteiger partial charge in [0.25, 0.3) is 11.6 Å². The van der Waals surface area contributed by atoms with Crippen molar-refractivity contribution in [1.82, 2.24) is 29.8 Å². The molecule has 9 heteroatoms. The minimum atomic E-state index is -0.458. The summed E-state index contributed by atoms with van der Waals surface area (Å²) < 4.78 is 3.10. The number of hydrogen-bond acceptors (Lipinski definition) is 6. The van der Waals surface area contributed by atoms with E-state index in [1.807, 2.05) is 0 Å². The second kappa shape index (κ2) is 4.29. The molecule has 1 aromatic carbocycles. The molecule has 0 spiro atoms. The Kier molecular flexibility index (Phi) is 2.49. The van der Waals surface area contributed by atoms with Crippen molar-refractivity contribution in [3.05, 3.63) is 53.1 Å². The summed E-state index contributed by atoms with van der Waals surface area (Å²) in [5.74, 6) is 0.450. The van der Waals surface area contributed by atoms with Crippen LogP contribution in [0.15, 0.2) is 43.0 Å². The van der Waals surface area contributed by atoms with Crippen LogP contribution in [0.4, 0.5) is 5.69 Å². The van der Waals surface area contributed by atoms with Crippen molar-refractivity contribution in [3.63, 3.8) is 0 Å².